The van der Waals surface area contributed by atoms with Gasteiger partial charge in [-0.1, -0.05) is 17.4 Å². The zero-order valence-corrected chi connectivity index (χ0v) is 20.8. The second-order valence-electron chi connectivity index (χ2n) is 8.59. The van der Waals surface area contributed by atoms with Crippen molar-refractivity contribution in [2.75, 3.05) is 45.1 Å². The summed E-state index contributed by atoms with van der Waals surface area (Å²) in [6.07, 6.45) is -5.32. The Kier molecular flexibility index (Phi) is 8.33. The molecule has 38 heavy (non-hydrogen) atoms. The van der Waals surface area contributed by atoms with Crippen LogP contribution in [0.1, 0.15) is 15.4 Å². The van der Waals surface area contributed by atoms with Crippen LogP contribution in [0.4, 0.5) is 27.6 Å². The monoisotopic (exact) mass is 555 g/mol. The molecule has 1 fully saturated rings. The third kappa shape index (κ3) is 7.08. The molecule has 1 aliphatic heterocycles. The average molecular weight is 556 g/mol. The van der Waals surface area contributed by atoms with Gasteiger partial charge in [0.25, 0.3) is 0 Å². The number of carbonyl (C=O) groups excluding carboxylic acids is 2. The van der Waals surface area contributed by atoms with Crippen LogP contribution in [0.3, 0.4) is 0 Å². The minimum absolute atomic E-state index is 0.0110. The molecule has 1 N–H and O–H groups in total. The molecule has 3 aromatic rings. The molecule has 2 heterocycles. The summed E-state index contributed by atoms with van der Waals surface area (Å²) in [6, 6.07) is 6.76. The van der Waals surface area contributed by atoms with E-state index in [0.717, 1.165) is 48.7 Å². The Morgan fingerprint density at radius 2 is 1.82 bits per heavy atom. The maximum atomic E-state index is 14.1. The fraction of sp³-hybridized carbons (Fsp3) is 0.333. The number of nitrogens with one attached hydrogen (secondary N) is 1. The molecule has 4 rings (SSSR count). The molecular weight excluding hydrogens is 533 g/mol. The quantitative estimate of drug-likeness (QED) is 0.332. The molecule has 202 valence electrons. The van der Waals surface area contributed by atoms with E-state index in [4.69, 9.17) is 0 Å². The molecule has 2 aromatic carbocycles. The lowest BCUT2D eigenvalue weighted by Crippen LogP contribution is -2.47. The minimum atomic E-state index is -5.02. The number of carbonyl (C=O) groups is 2. The Labute approximate surface area is 218 Å². The molecule has 0 saturated carbocycles. The van der Waals surface area contributed by atoms with E-state index in [1.807, 2.05) is 11.9 Å². The number of amides is 1. The summed E-state index contributed by atoms with van der Waals surface area (Å²) in [6.45, 7) is 2.70. The number of anilines is 1. The molecule has 0 unspecified atom stereocenters. The topological polar surface area (TPSA) is 87.7 Å². The summed E-state index contributed by atoms with van der Waals surface area (Å²) in [5, 5.41) is 10.3. The number of alkyl halides is 3. The fourth-order valence-corrected chi connectivity index (χ4v) is 4.61. The molecule has 0 spiro atoms. The highest BCUT2D eigenvalue weighted by atomic mass is 32.1. The summed E-state index contributed by atoms with van der Waals surface area (Å²) in [5.74, 6) is -3.92. The standard InChI is InChI=1S/C24H22F5N5O3S/c1-33-7-9-34(10-8-33)13-20(36)30-17-11-14(5-6-19(17)37-24(27,28)29)18(35)12-21-31-32-23(38-21)15-3-2-4-16(25)22(15)26/h2-6,11H,7-10,12-13H2,1H3,(H,30,36). The average Bonchev–Trinajstić information content (AvgIpc) is 3.30. The van der Waals surface area contributed by atoms with Gasteiger partial charge >= 0.3 is 6.36 Å². The zero-order chi connectivity index (χ0) is 27.4. The minimum Gasteiger partial charge on any atom is -0.404 e. The molecule has 1 aliphatic rings. The Hall–Kier alpha value is -3.49. The van der Waals surface area contributed by atoms with E-state index in [1.54, 1.807) is 0 Å². The molecule has 0 radical (unpaired) electrons. The van der Waals surface area contributed by atoms with E-state index in [9.17, 15) is 31.5 Å². The molecule has 1 amide bonds. The Balaban J connectivity index is 1.50. The van der Waals surface area contributed by atoms with Crippen LogP contribution in [0.2, 0.25) is 0 Å². The predicted octanol–water partition coefficient (Wildman–Crippen LogP) is 3.99. The number of rotatable bonds is 8. The first kappa shape index (κ1) is 27.5. The lowest BCUT2D eigenvalue weighted by atomic mass is 10.1. The van der Waals surface area contributed by atoms with Crippen molar-refractivity contribution in [3.05, 3.63) is 58.6 Å². The highest BCUT2D eigenvalue weighted by Crippen LogP contribution is 2.32. The number of hydrogen-bond acceptors (Lipinski definition) is 8. The van der Waals surface area contributed by atoms with Crippen molar-refractivity contribution in [3.8, 4) is 16.3 Å². The van der Waals surface area contributed by atoms with Crippen molar-refractivity contribution in [2.24, 2.45) is 0 Å². The van der Waals surface area contributed by atoms with E-state index >= 15 is 0 Å². The summed E-state index contributed by atoms with van der Waals surface area (Å²) in [4.78, 5) is 29.4. The SMILES string of the molecule is CN1CCN(CC(=O)Nc2cc(C(=O)Cc3nnc(-c4cccc(F)c4F)s3)ccc2OC(F)(F)F)CC1. The molecule has 0 atom stereocenters. The van der Waals surface area contributed by atoms with Gasteiger partial charge in [-0.05, 0) is 37.4 Å². The van der Waals surface area contributed by atoms with Gasteiger partial charge in [0.15, 0.2) is 28.2 Å². The van der Waals surface area contributed by atoms with Crippen LogP contribution in [0, 0.1) is 11.6 Å². The van der Waals surface area contributed by atoms with Crippen molar-refractivity contribution in [1.82, 2.24) is 20.0 Å². The lowest BCUT2D eigenvalue weighted by molar-refractivity contribution is -0.274. The summed E-state index contributed by atoms with van der Waals surface area (Å²) in [7, 11) is 1.95. The first-order chi connectivity index (χ1) is 18.0. The number of Topliss-reactive ketones (excluding diaryl/α,β-unsaturated/α-hetero) is 1. The number of likely N-dealkylation sites (N-methyl/N-ethyl adjacent to an activating group) is 1. The lowest BCUT2D eigenvalue weighted by Gasteiger charge is -2.31. The number of halogens is 5. The van der Waals surface area contributed by atoms with Crippen molar-refractivity contribution in [2.45, 2.75) is 12.8 Å². The third-order valence-electron chi connectivity index (χ3n) is 5.73. The van der Waals surface area contributed by atoms with Crippen LogP contribution in [0.15, 0.2) is 36.4 Å². The number of piperazine rings is 1. The number of hydrogen-bond donors (Lipinski definition) is 1. The normalized spacial score (nSPS) is 14.9. The molecule has 0 bridgehead atoms. The Bertz CT molecular complexity index is 1330. The summed E-state index contributed by atoms with van der Waals surface area (Å²) in [5.41, 5.74) is -0.435. The molecular formula is C24H22F5N5O3S. The number of ketones is 1. The van der Waals surface area contributed by atoms with Crippen LogP contribution < -0.4 is 10.1 Å². The molecule has 8 nitrogen and oxygen atoms in total. The van der Waals surface area contributed by atoms with Gasteiger partial charge in [0.2, 0.25) is 5.91 Å². The second kappa shape index (κ2) is 11.5. The second-order valence-corrected chi connectivity index (χ2v) is 9.65. The van der Waals surface area contributed by atoms with Crippen LogP contribution in [-0.4, -0.2) is 77.8 Å². The van der Waals surface area contributed by atoms with Crippen LogP contribution in [0.5, 0.6) is 5.75 Å². The fourth-order valence-electron chi connectivity index (χ4n) is 3.76. The largest absolute Gasteiger partial charge is 0.573 e. The molecule has 0 aliphatic carbocycles. The van der Waals surface area contributed by atoms with E-state index in [-0.39, 0.29) is 39.8 Å². The van der Waals surface area contributed by atoms with Crippen LogP contribution in [0.25, 0.3) is 10.6 Å². The third-order valence-corrected chi connectivity index (χ3v) is 6.68. The first-order valence-corrected chi connectivity index (χ1v) is 12.2. The highest BCUT2D eigenvalue weighted by Gasteiger charge is 2.33. The van der Waals surface area contributed by atoms with Gasteiger partial charge in [0.05, 0.1) is 24.2 Å². The van der Waals surface area contributed by atoms with Crippen molar-refractivity contribution in [3.63, 3.8) is 0 Å². The highest BCUT2D eigenvalue weighted by molar-refractivity contribution is 7.14. The summed E-state index contributed by atoms with van der Waals surface area (Å²) < 4.78 is 70.4. The van der Waals surface area contributed by atoms with Gasteiger partial charge in [-0.15, -0.1) is 23.4 Å². The van der Waals surface area contributed by atoms with E-state index in [0.29, 0.717) is 13.1 Å². The zero-order valence-electron chi connectivity index (χ0n) is 20.0. The number of ether oxygens (including phenoxy) is 1. The van der Waals surface area contributed by atoms with Crippen LogP contribution in [-0.2, 0) is 11.2 Å². The number of benzene rings is 2. The van der Waals surface area contributed by atoms with Crippen LogP contribution >= 0.6 is 11.3 Å². The number of nitrogens with zero attached hydrogens (tertiary/aromatic N) is 4. The molecule has 14 heteroatoms. The molecule has 1 saturated heterocycles. The van der Waals surface area contributed by atoms with Gasteiger partial charge < -0.3 is 15.0 Å². The van der Waals surface area contributed by atoms with Gasteiger partial charge in [0.1, 0.15) is 5.01 Å². The van der Waals surface area contributed by atoms with Gasteiger partial charge in [0, 0.05) is 31.7 Å². The smallest absolute Gasteiger partial charge is 0.404 e. The first-order valence-electron chi connectivity index (χ1n) is 11.4. The van der Waals surface area contributed by atoms with E-state index in [1.165, 1.54) is 12.1 Å². The van der Waals surface area contributed by atoms with Gasteiger partial charge in [-0.3, -0.25) is 14.5 Å². The van der Waals surface area contributed by atoms with Crippen molar-refractivity contribution >= 4 is 28.7 Å². The molecule has 1 aromatic heterocycles. The maximum absolute atomic E-state index is 14.1. The summed E-state index contributed by atoms with van der Waals surface area (Å²) >= 11 is 0.875. The maximum Gasteiger partial charge on any atom is 0.573 e. The van der Waals surface area contributed by atoms with E-state index < -0.39 is 35.4 Å². The number of aromatic nitrogens is 2. The predicted molar refractivity (Wildman–Crippen MR) is 129 cm³/mol. The van der Waals surface area contributed by atoms with E-state index in [2.05, 4.69) is 25.2 Å². The van der Waals surface area contributed by atoms with Crippen molar-refractivity contribution in [1.29, 1.82) is 0 Å². The Morgan fingerprint density at radius 1 is 1.08 bits per heavy atom. The van der Waals surface area contributed by atoms with Gasteiger partial charge in [-0.25, -0.2) is 8.78 Å². The van der Waals surface area contributed by atoms with Crippen molar-refractivity contribution < 1.29 is 36.3 Å². The Morgan fingerprint density at radius 3 is 2.53 bits per heavy atom. The van der Waals surface area contributed by atoms with Gasteiger partial charge in [-0.2, -0.15) is 0 Å².